The van der Waals surface area contributed by atoms with Crippen LogP contribution in [0.3, 0.4) is 0 Å². The largest absolute Gasteiger partial charge is 0.481 e. The van der Waals surface area contributed by atoms with Crippen LogP contribution >= 0.6 is 0 Å². The summed E-state index contributed by atoms with van der Waals surface area (Å²) in [4.78, 5) is 13.0. The third-order valence-corrected chi connectivity index (χ3v) is 3.68. The van der Waals surface area contributed by atoms with Gasteiger partial charge in [-0.1, -0.05) is 0 Å². The van der Waals surface area contributed by atoms with Gasteiger partial charge in [0, 0.05) is 32.8 Å². The van der Waals surface area contributed by atoms with Gasteiger partial charge < -0.3 is 5.11 Å². The lowest BCUT2D eigenvalue weighted by molar-refractivity contribution is -0.137. The maximum absolute atomic E-state index is 10.6. The highest BCUT2D eigenvalue weighted by Crippen LogP contribution is 2.22. The number of aliphatic carboxylic acids is 1. The Kier molecular flexibility index (Phi) is 4.36. The molecule has 1 unspecified atom stereocenters. The number of likely N-dealkylation sites (tertiary alicyclic amines) is 1. The van der Waals surface area contributed by atoms with Gasteiger partial charge in [-0.15, -0.1) is 0 Å². The highest BCUT2D eigenvalue weighted by molar-refractivity contribution is 5.66. The molecule has 0 spiro atoms. The molecule has 1 aliphatic rings. The third-order valence-electron chi connectivity index (χ3n) is 3.68. The number of carboxylic acid groups (broad SMARTS) is 1. The van der Waals surface area contributed by atoms with E-state index in [1.54, 1.807) is 0 Å². The number of carboxylic acids is 1. The van der Waals surface area contributed by atoms with Crippen LogP contribution in [0.1, 0.15) is 31.4 Å². The van der Waals surface area contributed by atoms with E-state index < -0.39 is 5.97 Å². The fourth-order valence-electron chi connectivity index (χ4n) is 2.64. The van der Waals surface area contributed by atoms with Gasteiger partial charge in [-0.3, -0.25) is 14.4 Å². The summed E-state index contributed by atoms with van der Waals surface area (Å²) >= 11 is 0. The maximum atomic E-state index is 10.6. The summed E-state index contributed by atoms with van der Waals surface area (Å²) in [5.41, 5.74) is 1.22. The number of nitrogens with zero attached hydrogens (tertiary/aromatic N) is 3. The summed E-state index contributed by atoms with van der Waals surface area (Å²) in [5.74, 6) is -0.151. The van der Waals surface area contributed by atoms with E-state index in [0.29, 0.717) is 12.3 Å². The molecule has 1 N–H and O–H groups in total. The normalized spacial score (nSPS) is 21.1. The maximum Gasteiger partial charge on any atom is 0.303 e. The van der Waals surface area contributed by atoms with Crippen molar-refractivity contribution in [2.75, 3.05) is 13.1 Å². The predicted molar refractivity (Wildman–Crippen MR) is 68.1 cm³/mol. The Balaban J connectivity index is 1.83. The summed E-state index contributed by atoms with van der Waals surface area (Å²) in [6.07, 6.45) is 5.25. The molecule has 1 saturated heterocycles. The van der Waals surface area contributed by atoms with Crippen molar-refractivity contribution in [3.8, 4) is 0 Å². The van der Waals surface area contributed by atoms with E-state index in [1.807, 2.05) is 24.0 Å². The Morgan fingerprint density at radius 1 is 1.61 bits per heavy atom. The Morgan fingerprint density at radius 2 is 2.44 bits per heavy atom. The molecule has 1 atom stereocenters. The number of hydrogen-bond donors (Lipinski definition) is 1. The molecule has 2 heterocycles. The van der Waals surface area contributed by atoms with Crippen molar-refractivity contribution in [1.82, 2.24) is 14.7 Å². The summed E-state index contributed by atoms with van der Waals surface area (Å²) in [6, 6.07) is 2.04. The fraction of sp³-hybridized carbons (Fsp3) is 0.692. The molecular formula is C13H21N3O2. The standard InChI is InChI=1S/C13H21N3O2/c1-15-12(6-7-14-15)10-16-8-2-3-11(9-16)4-5-13(17)18/h6-7,11H,2-5,8-10H2,1H3,(H,17,18). The number of aromatic nitrogens is 2. The molecule has 1 aliphatic heterocycles. The number of carbonyl (C=O) groups is 1. The molecule has 100 valence electrons. The zero-order valence-electron chi connectivity index (χ0n) is 10.9. The molecular weight excluding hydrogens is 230 g/mol. The van der Waals surface area contributed by atoms with Crippen molar-refractivity contribution in [2.24, 2.45) is 13.0 Å². The molecule has 18 heavy (non-hydrogen) atoms. The molecule has 5 heteroatoms. The van der Waals surface area contributed by atoms with E-state index in [2.05, 4.69) is 10.00 Å². The van der Waals surface area contributed by atoms with E-state index in [9.17, 15) is 4.79 Å². The van der Waals surface area contributed by atoms with E-state index in [0.717, 1.165) is 32.5 Å². The smallest absolute Gasteiger partial charge is 0.303 e. The second-order valence-corrected chi connectivity index (χ2v) is 5.12. The first kappa shape index (κ1) is 13.1. The lowest BCUT2D eigenvalue weighted by atomic mass is 9.93. The molecule has 0 aliphatic carbocycles. The fourth-order valence-corrected chi connectivity index (χ4v) is 2.64. The van der Waals surface area contributed by atoms with Crippen molar-refractivity contribution in [1.29, 1.82) is 0 Å². The molecule has 2 rings (SSSR count). The van der Waals surface area contributed by atoms with Gasteiger partial charge in [0.2, 0.25) is 0 Å². The first-order chi connectivity index (χ1) is 8.65. The Morgan fingerprint density at radius 3 is 3.11 bits per heavy atom. The SMILES string of the molecule is Cn1nccc1CN1CCCC(CCC(=O)O)C1. The van der Waals surface area contributed by atoms with E-state index >= 15 is 0 Å². The highest BCUT2D eigenvalue weighted by Gasteiger charge is 2.21. The molecule has 5 nitrogen and oxygen atoms in total. The van der Waals surface area contributed by atoms with Gasteiger partial charge in [0.05, 0.1) is 5.69 Å². The topological polar surface area (TPSA) is 58.4 Å². The van der Waals surface area contributed by atoms with E-state index in [1.165, 1.54) is 12.1 Å². The zero-order valence-corrected chi connectivity index (χ0v) is 10.9. The Labute approximate surface area is 107 Å². The van der Waals surface area contributed by atoms with Crippen molar-refractivity contribution in [3.63, 3.8) is 0 Å². The van der Waals surface area contributed by atoms with Gasteiger partial charge in [-0.05, 0) is 37.8 Å². The van der Waals surface area contributed by atoms with Crippen LogP contribution in [-0.4, -0.2) is 38.8 Å². The summed E-state index contributed by atoms with van der Waals surface area (Å²) in [5, 5.41) is 12.9. The molecule has 1 aromatic heterocycles. The van der Waals surface area contributed by atoms with Crippen molar-refractivity contribution in [3.05, 3.63) is 18.0 Å². The van der Waals surface area contributed by atoms with Gasteiger partial charge in [0.15, 0.2) is 0 Å². The van der Waals surface area contributed by atoms with E-state index in [-0.39, 0.29) is 0 Å². The average molecular weight is 251 g/mol. The van der Waals surface area contributed by atoms with E-state index in [4.69, 9.17) is 5.11 Å². The number of aryl methyl sites for hydroxylation is 1. The molecule has 1 fully saturated rings. The zero-order chi connectivity index (χ0) is 13.0. The lowest BCUT2D eigenvalue weighted by Gasteiger charge is -2.32. The van der Waals surface area contributed by atoms with Crippen LogP contribution in [0, 0.1) is 5.92 Å². The first-order valence-electron chi connectivity index (χ1n) is 6.56. The minimum Gasteiger partial charge on any atom is -0.481 e. The van der Waals surface area contributed by atoms with Gasteiger partial charge in [-0.2, -0.15) is 5.10 Å². The molecule has 0 bridgehead atoms. The van der Waals surface area contributed by atoms with Crippen molar-refractivity contribution < 1.29 is 9.90 Å². The minimum absolute atomic E-state index is 0.296. The molecule has 0 saturated carbocycles. The summed E-state index contributed by atoms with van der Waals surface area (Å²) < 4.78 is 1.90. The number of rotatable bonds is 5. The van der Waals surface area contributed by atoms with Crippen LogP contribution in [0.25, 0.3) is 0 Å². The van der Waals surface area contributed by atoms with Crippen LogP contribution in [0.2, 0.25) is 0 Å². The molecule has 1 aromatic rings. The Hall–Kier alpha value is -1.36. The van der Waals surface area contributed by atoms with Crippen LogP contribution < -0.4 is 0 Å². The van der Waals surface area contributed by atoms with Crippen LogP contribution in [0.5, 0.6) is 0 Å². The first-order valence-corrected chi connectivity index (χ1v) is 6.56. The number of piperidine rings is 1. The number of hydrogen-bond acceptors (Lipinski definition) is 3. The monoisotopic (exact) mass is 251 g/mol. The van der Waals surface area contributed by atoms with Crippen LogP contribution in [0.15, 0.2) is 12.3 Å². The second-order valence-electron chi connectivity index (χ2n) is 5.12. The summed E-state index contributed by atoms with van der Waals surface area (Å²) in [7, 11) is 1.96. The molecule has 0 amide bonds. The highest BCUT2D eigenvalue weighted by atomic mass is 16.4. The third kappa shape index (κ3) is 3.57. The van der Waals surface area contributed by atoms with Crippen LogP contribution in [0.4, 0.5) is 0 Å². The predicted octanol–water partition coefficient (Wildman–Crippen LogP) is 1.50. The average Bonchev–Trinajstić information content (AvgIpc) is 2.73. The van der Waals surface area contributed by atoms with Gasteiger partial charge in [-0.25, -0.2) is 0 Å². The summed E-state index contributed by atoms with van der Waals surface area (Å²) in [6.45, 7) is 3.04. The van der Waals surface area contributed by atoms with Crippen molar-refractivity contribution >= 4 is 5.97 Å². The van der Waals surface area contributed by atoms with Crippen LogP contribution in [-0.2, 0) is 18.4 Å². The minimum atomic E-state index is -0.682. The molecule has 0 radical (unpaired) electrons. The van der Waals surface area contributed by atoms with Crippen molar-refractivity contribution in [2.45, 2.75) is 32.2 Å². The van der Waals surface area contributed by atoms with Gasteiger partial charge in [0.1, 0.15) is 0 Å². The second kappa shape index (κ2) is 6.00. The van der Waals surface area contributed by atoms with Gasteiger partial charge >= 0.3 is 5.97 Å². The lowest BCUT2D eigenvalue weighted by Crippen LogP contribution is -2.35. The molecule has 0 aromatic carbocycles. The Bertz CT molecular complexity index is 403. The van der Waals surface area contributed by atoms with Gasteiger partial charge in [0.25, 0.3) is 0 Å². The quantitative estimate of drug-likeness (QED) is 0.861.